The summed E-state index contributed by atoms with van der Waals surface area (Å²) in [6.07, 6.45) is 11.1. The first-order valence-electron chi connectivity index (χ1n) is 11.7. The van der Waals surface area contributed by atoms with Crippen LogP contribution in [0.5, 0.6) is 5.75 Å². The van der Waals surface area contributed by atoms with Gasteiger partial charge in [-0.15, -0.1) is 0 Å². The number of benzene rings is 3. The first kappa shape index (κ1) is 23.5. The number of ether oxygens (including phenoxy) is 1. The molecule has 4 rings (SSSR count). The molecule has 0 aliphatic heterocycles. The lowest BCUT2D eigenvalue weighted by Crippen LogP contribution is -2.19. The molecule has 0 spiro atoms. The number of allylic oxidation sites excluding steroid dienone is 4. The Morgan fingerprint density at radius 1 is 0.909 bits per heavy atom. The summed E-state index contributed by atoms with van der Waals surface area (Å²) in [5, 5.41) is 2.69. The minimum Gasteiger partial charge on any atom is -0.488 e. The zero-order valence-corrected chi connectivity index (χ0v) is 20.9. The van der Waals surface area contributed by atoms with Gasteiger partial charge in [0.2, 0.25) is 0 Å². The van der Waals surface area contributed by atoms with Crippen molar-refractivity contribution in [1.82, 2.24) is 4.90 Å². The minimum atomic E-state index is 0.563. The van der Waals surface area contributed by atoms with Crippen LogP contribution < -0.4 is 15.3 Å². The van der Waals surface area contributed by atoms with Gasteiger partial charge in [0, 0.05) is 11.8 Å². The fourth-order valence-corrected chi connectivity index (χ4v) is 5.51. The van der Waals surface area contributed by atoms with Gasteiger partial charge in [-0.25, -0.2) is 0 Å². The van der Waals surface area contributed by atoms with Crippen molar-refractivity contribution in [3.8, 4) is 5.75 Å². The molecule has 0 bridgehead atoms. The van der Waals surface area contributed by atoms with Crippen molar-refractivity contribution in [2.75, 3.05) is 14.1 Å². The van der Waals surface area contributed by atoms with E-state index in [0.29, 0.717) is 21.1 Å². The highest BCUT2D eigenvalue weighted by molar-refractivity contribution is 7.55. The average Bonchev–Trinajstić information content (AvgIpc) is 2.81. The van der Waals surface area contributed by atoms with Crippen molar-refractivity contribution in [1.29, 1.82) is 0 Å². The van der Waals surface area contributed by atoms with E-state index in [2.05, 4.69) is 111 Å². The van der Waals surface area contributed by atoms with E-state index in [4.69, 9.17) is 4.74 Å². The van der Waals surface area contributed by atoms with Crippen molar-refractivity contribution >= 4 is 19.2 Å². The predicted molar refractivity (Wildman–Crippen MR) is 143 cm³/mol. The topological polar surface area (TPSA) is 12.5 Å². The van der Waals surface area contributed by atoms with Crippen molar-refractivity contribution in [3.63, 3.8) is 0 Å². The van der Waals surface area contributed by atoms with Gasteiger partial charge in [-0.2, -0.15) is 0 Å². The molecule has 0 heterocycles. The van der Waals surface area contributed by atoms with Gasteiger partial charge >= 0.3 is 0 Å². The van der Waals surface area contributed by atoms with Gasteiger partial charge in [0.05, 0.1) is 0 Å². The normalized spacial score (nSPS) is 15.6. The van der Waals surface area contributed by atoms with Crippen LogP contribution in [0, 0.1) is 12.8 Å². The van der Waals surface area contributed by atoms with Crippen LogP contribution in [0.3, 0.4) is 0 Å². The van der Waals surface area contributed by atoms with Crippen molar-refractivity contribution < 1.29 is 4.74 Å². The van der Waals surface area contributed by atoms with E-state index in [0.717, 1.165) is 25.1 Å². The maximum Gasteiger partial charge on any atom is 0.127 e. The van der Waals surface area contributed by atoms with Crippen LogP contribution in [0.25, 0.3) is 0 Å². The molecule has 3 aromatic rings. The lowest BCUT2D eigenvalue weighted by Gasteiger charge is -2.19. The molecule has 2 atom stereocenters. The fourth-order valence-electron chi connectivity index (χ4n) is 4.21. The second-order valence-electron chi connectivity index (χ2n) is 9.14. The maximum atomic E-state index is 6.36. The maximum absolute atomic E-state index is 6.36. The van der Waals surface area contributed by atoms with Gasteiger partial charge in [-0.1, -0.05) is 93.0 Å². The average molecular weight is 456 g/mol. The van der Waals surface area contributed by atoms with Gasteiger partial charge in [0.1, 0.15) is 12.4 Å². The van der Waals surface area contributed by atoms with E-state index in [9.17, 15) is 0 Å². The molecule has 1 aliphatic rings. The smallest absolute Gasteiger partial charge is 0.127 e. The molecule has 1 aliphatic carbocycles. The van der Waals surface area contributed by atoms with Crippen LogP contribution in [0.2, 0.25) is 0 Å². The molecule has 0 radical (unpaired) electrons. The summed E-state index contributed by atoms with van der Waals surface area (Å²) in [6, 6.07) is 24.1. The third kappa shape index (κ3) is 6.90. The Morgan fingerprint density at radius 3 is 2.52 bits per heavy atom. The summed E-state index contributed by atoms with van der Waals surface area (Å²) in [5.41, 5.74) is 5.29. The third-order valence-electron chi connectivity index (χ3n) is 5.86. The SMILES string of the molecule is Cc1ccc(Pc2cc(CC3C=CC=CC3)ccc2OCc2ccccc2)c(CN(C)C)c1. The molecule has 3 aromatic carbocycles. The van der Waals surface area contributed by atoms with E-state index in [1.54, 1.807) is 0 Å². The van der Waals surface area contributed by atoms with Crippen molar-refractivity contribution in [2.45, 2.75) is 32.9 Å². The molecule has 170 valence electrons. The first-order valence-corrected chi connectivity index (χ1v) is 12.7. The third-order valence-corrected chi connectivity index (χ3v) is 7.28. The number of aryl methyl sites for hydroxylation is 1. The van der Waals surface area contributed by atoms with Crippen LogP contribution in [0.15, 0.2) is 91.0 Å². The highest BCUT2D eigenvalue weighted by Gasteiger charge is 2.13. The highest BCUT2D eigenvalue weighted by atomic mass is 31.1. The molecule has 3 heteroatoms. The summed E-state index contributed by atoms with van der Waals surface area (Å²) in [6.45, 7) is 3.71. The van der Waals surface area contributed by atoms with Crippen LogP contribution in [0.4, 0.5) is 0 Å². The van der Waals surface area contributed by atoms with Crippen LogP contribution in [-0.4, -0.2) is 19.0 Å². The molecule has 2 unspecified atom stereocenters. The molecule has 0 saturated carbocycles. The van der Waals surface area contributed by atoms with Gasteiger partial charge < -0.3 is 9.64 Å². The Bertz CT molecular complexity index is 1120. The quantitative estimate of drug-likeness (QED) is 0.370. The van der Waals surface area contributed by atoms with E-state index < -0.39 is 0 Å². The number of hydrogen-bond acceptors (Lipinski definition) is 2. The lowest BCUT2D eigenvalue weighted by molar-refractivity contribution is 0.309. The van der Waals surface area contributed by atoms with E-state index >= 15 is 0 Å². The molecule has 0 N–H and O–H groups in total. The molecular formula is C30H34NOP. The van der Waals surface area contributed by atoms with Crippen LogP contribution in [0.1, 0.15) is 28.7 Å². The second kappa shape index (κ2) is 11.5. The summed E-state index contributed by atoms with van der Waals surface area (Å²) in [4.78, 5) is 2.24. The fraction of sp³-hybridized carbons (Fsp3) is 0.267. The van der Waals surface area contributed by atoms with Crippen LogP contribution >= 0.6 is 8.58 Å². The molecule has 0 saturated heterocycles. The van der Waals surface area contributed by atoms with Gasteiger partial charge in [-0.05, 0) is 73.9 Å². The summed E-state index contributed by atoms with van der Waals surface area (Å²) < 4.78 is 6.36. The van der Waals surface area contributed by atoms with Crippen molar-refractivity contribution in [2.24, 2.45) is 5.92 Å². The Kier molecular flexibility index (Phi) is 8.15. The second-order valence-corrected chi connectivity index (χ2v) is 10.5. The zero-order valence-electron chi connectivity index (χ0n) is 19.9. The van der Waals surface area contributed by atoms with E-state index in [1.165, 1.54) is 32.9 Å². The van der Waals surface area contributed by atoms with Crippen molar-refractivity contribution in [3.05, 3.63) is 113 Å². The lowest BCUT2D eigenvalue weighted by atomic mass is 9.93. The Balaban J connectivity index is 1.61. The van der Waals surface area contributed by atoms with Gasteiger partial charge in [0.15, 0.2) is 0 Å². The largest absolute Gasteiger partial charge is 0.488 e. The number of nitrogens with zero attached hydrogens (tertiary/aromatic N) is 1. The molecule has 0 aromatic heterocycles. The monoisotopic (exact) mass is 455 g/mol. The number of rotatable bonds is 9. The highest BCUT2D eigenvalue weighted by Crippen LogP contribution is 2.26. The Morgan fingerprint density at radius 2 is 1.76 bits per heavy atom. The molecule has 0 fully saturated rings. The predicted octanol–water partition coefficient (Wildman–Crippen LogP) is 5.94. The molecule has 33 heavy (non-hydrogen) atoms. The first-order chi connectivity index (χ1) is 16.1. The minimum absolute atomic E-state index is 0.563. The standard InChI is InChI=1S/C30H34NOP/c1-23-14-17-29(27(18-23)21-31(2)3)33-30-20-26(19-24-10-6-4-7-11-24)15-16-28(30)32-22-25-12-8-5-9-13-25/h4-10,12-18,20,24,33H,11,19,21-22H2,1-3H3. The summed E-state index contributed by atoms with van der Waals surface area (Å²) in [5.74, 6) is 1.57. The Hall–Kier alpha value is -2.67. The molecular weight excluding hydrogens is 421 g/mol. The van der Waals surface area contributed by atoms with Gasteiger partial charge in [0.25, 0.3) is 0 Å². The molecule has 2 nitrogen and oxygen atoms in total. The molecule has 0 amide bonds. The Labute approximate surface area is 200 Å². The van der Waals surface area contributed by atoms with E-state index in [-0.39, 0.29) is 0 Å². The zero-order chi connectivity index (χ0) is 23.0. The van der Waals surface area contributed by atoms with Crippen LogP contribution in [-0.2, 0) is 19.6 Å². The summed E-state index contributed by atoms with van der Waals surface area (Å²) in [7, 11) is 4.83. The summed E-state index contributed by atoms with van der Waals surface area (Å²) >= 11 is 0. The van der Waals surface area contributed by atoms with E-state index in [1.807, 2.05) is 6.07 Å². The number of hydrogen-bond donors (Lipinski definition) is 0. The van der Waals surface area contributed by atoms with Gasteiger partial charge in [-0.3, -0.25) is 0 Å².